The first kappa shape index (κ1) is 29.8. The van der Waals surface area contributed by atoms with Gasteiger partial charge in [-0.25, -0.2) is 17.2 Å². The molecule has 39 heavy (non-hydrogen) atoms. The second-order valence-electron chi connectivity index (χ2n) is 10.9. The molecule has 1 heterocycles. The summed E-state index contributed by atoms with van der Waals surface area (Å²) in [5.74, 6) is -1.64. The Morgan fingerprint density at radius 3 is 2.44 bits per heavy atom. The molecule has 0 aromatic heterocycles. The summed E-state index contributed by atoms with van der Waals surface area (Å²) in [6.45, 7) is 1.62. The number of nitrogens with one attached hydrogen (secondary N) is 1. The maximum atomic E-state index is 15.7. The van der Waals surface area contributed by atoms with Crippen molar-refractivity contribution in [2.75, 3.05) is 26.0 Å². The van der Waals surface area contributed by atoms with Crippen molar-refractivity contribution in [1.29, 1.82) is 0 Å². The van der Waals surface area contributed by atoms with E-state index in [1.807, 2.05) is 9.62 Å². The molecular weight excluding hydrogens is 567 g/mol. The standard InChI is InChI=1S/C26H30ClF5N2O4S/c1-24(23(35)33-39(2,36)37)13-19(16-3-4-16)21(12-22(24)28)38-15-25(29)7-9-34(10-8-25)14-17-11-18(26(30,31)32)5-6-20(17)27/h5-6,11-12,16H,3-4,7-10,13-15H2,1-2H3,(H,33,35). The minimum Gasteiger partial charge on any atom is -0.490 e. The zero-order valence-electron chi connectivity index (χ0n) is 21.5. The third-order valence-corrected chi connectivity index (χ3v) is 8.43. The third-order valence-electron chi connectivity index (χ3n) is 7.50. The highest BCUT2D eigenvalue weighted by Gasteiger charge is 2.47. The van der Waals surface area contributed by atoms with Crippen LogP contribution < -0.4 is 4.72 Å². The third kappa shape index (κ3) is 7.13. The van der Waals surface area contributed by atoms with Crippen molar-refractivity contribution in [3.05, 3.63) is 57.6 Å². The molecule has 1 unspecified atom stereocenters. The number of rotatable bonds is 8. The van der Waals surface area contributed by atoms with Crippen LogP contribution in [0.4, 0.5) is 22.0 Å². The van der Waals surface area contributed by atoms with Crippen molar-refractivity contribution < 1.29 is 39.9 Å². The summed E-state index contributed by atoms with van der Waals surface area (Å²) >= 11 is 6.10. The first-order chi connectivity index (χ1) is 18.0. The lowest BCUT2D eigenvalue weighted by atomic mass is 9.76. The molecule has 216 valence electrons. The number of amides is 1. The Labute approximate surface area is 229 Å². The van der Waals surface area contributed by atoms with E-state index in [-0.39, 0.29) is 62.2 Å². The highest BCUT2D eigenvalue weighted by Crippen LogP contribution is 2.50. The van der Waals surface area contributed by atoms with Crippen LogP contribution in [0.1, 0.15) is 50.2 Å². The van der Waals surface area contributed by atoms with E-state index >= 15 is 8.78 Å². The molecule has 1 aromatic rings. The molecule has 1 aliphatic heterocycles. The summed E-state index contributed by atoms with van der Waals surface area (Å²) < 4.78 is 101. The van der Waals surface area contributed by atoms with Crippen molar-refractivity contribution in [1.82, 2.24) is 9.62 Å². The van der Waals surface area contributed by atoms with Gasteiger partial charge in [-0.2, -0.15) is 13.2 Å². The monoisotopic (exact) mass is 596 g/mol. The van der Waals surface area contributed by atoms with Gasteiger partial charge in [0.2, 0.25) is 15.9 Å². The molecule has 0 spiro atoms. The number of carbonyl (C=O) groups excluding carboxylic acids is 1. The largest absolute Gasteiger partial charge is 0.490 e. The zero-order chi connectivity index (χ0) is 28.8. The second-order valence-corrected chi connectivity index (χ2v) is 13.0. The molecule has 1 saturated heterocycles. The van der Waals surface area contributed by atoms with E-state index in [1.165, 1.54) is 13.0 Å². The van der Waals surface area contributed by atoms with Gasteiger partial charge in [0, 0.05) is 30.7 Å². The molecule has 4 rings (SSSR count). The normalized spacial score (nSPS) is 24.4. The Morgan fingerprint density at radius 1 is 1.23 bits per heavy atom. The van der Waals surface area contributed by atoms with Gasteiger partial charge in [-0.3, -0.25) is 14.4 Å². The second kappa shape index (κ2) is 10.7. The Balaban J connectivity index is 1.39. The molecule has 0 radical (unpaired) electrons. The number of sulfonamides is 1. The van der Waals surface area contributed by atoms with Crippen LogP contribution in [0.5, 0.6) is 0 Å². The number of benzene rings is 1. The van der Waals surface area contributed by atoms with Gasteiger partial charge >= 0.3 is 6.18 Å². The van der Waals surface area contributed by atoms with Crippen molar-refractivity contribution in [2.45, 2.75) is 57.4 Å². The van der Waals surface area contributed by atoms with Crippen molar-refractivity contribution in [3.8, 4) is 0 Å². The molecule has 1 atom stereocenters. The summed E-state index contributed by atoms with van der Waals surface area (Å²) in [4.78, 5) is 14.4. The number of nitrogens with zero attached hydrogens (tertiary/aromatic N) is 1. The van der Waals surface area contributed by atoms with Gasteiger partial charge in [0.15, 0.2) is 0 Å². The molecule has 1 aromatic carbocycles. The van der Waals surface area contributed by atoms with Gasteiger partial charge in [-0.05, 0) is 74.3 Å². The molecule has 2 aliphatic carbocycles. The summed E-state index contributed by atoms with van der Waals surface area (Å²) in [5, 5.41) is 0.200. The summed E-state index contributed by atoms with van der Waals surface area (Å²) in [7, 11) is -3.89. The Kier molecular flexibility index (Phi) is 8.15. The Bertz CT molecular complexity index is 1300. The fraction of sp³-hybridized carbons (Fsp3) is 0.577. The molecule has 2 fully saturated rings. The lowest BCUT2D eigenvalue weighted by Gasteiger charge is -2.37. The van der Waals surface area contributed by atoms with E-state index in [0.29, 0.717) is 11.1 Å². The number of halogens is 6. The van der Waals surface area contributed by atoms with Crippen LogP contribution in [0.15, 0.2) is 41.4 Å². The molecule has 0 bridgehead atoms. The average molecular weight is 597 g/mol. The van der Waals surface area contributed by atoms with E-state index in [1.54, 1.807) is 0 Å². The number of piperidine rings is 1. The topological polar surface area (TPSA) is 75.7 Å². The lowest BCUT2D eigenvalue weighted by molar-refractivity contribution is -0.137. The van der Waals surface area contributed by atoms with Gasteiger partial charge in [0.1, 0.15) is 29.3 Å². The number of hydrogen-bond acceptors (Lipinski definition) is 5. The Morgan fingerprint density at radius 2 is 1.87 bits per heavy atom. The quantitative estimate of drug-likeness (QED) is 0.391. The van der Waals surface area contributed by atoms with E-state index in [2.05, 4.69) is 0 Å². The van der Waals surface area contributed by atoms with E-state index in [0.717, 1.165) is 37.3 Å². The summed E-state index contributed by atoms with van der Waals surface area (Å²) in [6.07, 6.45) is -1.01. The van der Waals surface area contributed by atoms with Crippen LogP contribution in [0.3, 0.4) is 0 Å². The first-order valence-electron chi connectivity index (χ1n) is 12.5. The van der Waals surface area contributed by atoms with E-state index in [9.17, 15) is 26.4 Å². The van der Waals surface area contributed by atoms with Gasteiger partial charge in [-0.15, -0.1) is 0 Å². The number of likely N-dealkylation sites (tertiary alicyclic amines) is 1. The number of hydrogen-bond donors (Lipinski definition) is 1. The maximum Gasteiger partial charge on any atom is 0.416 e. The summed E-state index contributed by atoms with van der Waals surface area (Å²) in [5.41, 5.74) is -3.31. The van der Waals surface area contributed by atoms with E-state index in [4.69, 9.17) is 16.3 Å². The molecule has 13 heteroatoms. The van der Waals surface area contributed by atoms with E-state index < -0.39 is 44.6 Å². The van der Waals surface area contributed by atoms with Crippen LogP contribution in [0.25, 0.3) is 0 Å². The smallest absolute Gasteiger partial charge is 0.416 e. The molecular formula is C26H30ClF5N2O4S. The Hall–Kier alpha value is -2.18. The van der Waals surface area contributed by atoms with Crippen LogP contribution in [-0.4, -0.2) is 50.8 Å². The van der Waals surface area contributed by atoms with Crippen LogP contribution in [0.2, 0.25) is 5.02 Å². The van der Waals surface area contributed by atoms with Crippen LogP contribution in [-0.2, 0) is 32.3 Å². The van der Waals surface area contributed by atoms with Crippen molar-refractivity contribution >= 4 is 27.5 Å². The van der Waals surface area contributed by atoms with Crippen molar-refractivity contribution in [3.63, 3.8) is 0 Å². The fourth-order valence-electron chi connectivity index (χ4n) is 4.88. The molecule has 1 amide bonds. The predicted molar refractivity (Wildman–Crippen MR) is 135 cm³/mol. The molecule has 1 N–H and O–H groups in total. The first-order valence-corrected chi connectivity index (χ1v) is 14.8. The van der Waals surface area contributed by atoms with Gasteiger partial charge in [0.05, 0.1) is 11.8 Å². The minimum absolute atomic E-state index is 0.0457. The zero-order valence-corrected chi connectivity index (χ0v) is 23.1. The predicted octanol–water partition coefficient (Wildman–Crippen LogP) is 5.68. The number of allylic oxidation sites excluding steroid dienone is 2. The van der Waals surface area contributed by atoms with Gasteiger partial charge in [0.25, 0.3) is 0 Å². The van der Waals surface area contributed by atoms with Crippen molar-refractivity contribution in [2.24, 2.45) is 11.3 Å². The molecule has 3 aliphatic rings. The minimum atomic E-state index is -4.50. The maximum absolute atomic E-state index is 15.7. The van der Waals surface area contributed by atoms with Gasteiger partial charge < -0.3 is 4.74 Å². The number of ether oxygens (including phenoxy) is 1. The molecule has 6 nitrogen and oxygen atoms in total. The molecule has 1 saturated carbocycles. The number of carbonyl (C=O) groups is 1. The highest BCUT2D eigenvalue weighted by molar-refractivity contribution is 7.89. The average Bonchev–Trinajstić information content (AvgIpc) is 3.66. The van der Waals surface area contributed by atoms with Crippen LogP contribution >= 0.6 is 11.6 Å². The number of alkyl halides is 4. The lowest BCUT2D eigenvalue weighted by Crippen LogP contribution is -2.45. The fourth-order valence-corrected chi connectivity index (χ4v) is 5.62. The van der Waals surface area contributed by atoms with Gasteiger partial charge in [-0.1, -0.05) is 11.6 Å². The SMILES string of the molecule is CC1(C(=O)NS(C)(=O)=O)CC(C2CC2)=C(OCC2(F)CCN(Cc3cc(C(F)(F)F)ccc3Cl)CC2)C=C1F. The highest BCUT2D eigenvalue weighted by atomic mass is 35.5. The summed E-state index contributed by atoms with van der Waals surface area (Å²) in [6, 6.07) is 3.12. The van der Waals surface area contributed by atoms with Crippen LogP contribution in [0, 0.1) is 11.3 Å².